The third-order valence-electron chi connectivity index (χ3n) is 4.52. The average molecular weight is 254 g/mol. The summed E-state index contributed by atoms with van der Waals surface area (Å²) in [6.45, 7) is 11.0. The Kier molecular flexibility index (Phi) is 6.17. The lowest BCUT2D eigenvalue weighted by Crippen LogP contribution is -2.38. The number of carbonyl (C=O) groups excluding carboxylic acids is 1. The van der Waals surface area contributed by atoms with Crippen molar-refractivity contribution in [1.82, 2.24) is 0 Å². The summed E-state index contributed by atoms with van der Waals surface area (Å²) in [5.74, 6) is 2.71. The minimum Gasteiger partial charge on any atom is -0.462 e. The van der Waals surface area contributed by atoms with Gasteiger partial charge in [0, 0.05) is 6.42 Å². The Morgan fingerprint density at radius 3 is 2.39 bits per heavy atom. The normalized spacial score (nSPS) is 30.2. The molecule has 0 spiro atoms. The van der Waals surface area contributed by atoms with Crippen molar-refractivity contribution >= 4 is 5.97 Å². The molecule has 0 heterocycles. The van der Waals surface area contributed by atoms with Crippen LogP contribution in [0.25, 0.3) is 0 Å². The first-order valence-electron chi connectivity index (χ1n) is 7.69. The third kappa shape index (κ3) is 4.00. The molecule has 0 bridgehead atoms. The molecule has 18 heavy (non-hydrogen) atoms. The van der Waals surface area contributed by atoms with Crippen molar-refractivity contribution in [1.29, 1.82) is 0 Å². The molecule has 2 nitrogen and oxygen atoms in total. The van der Waals surface area contributed by atoms with Crippen LogP contribution in [0.1, 0.15) is 66.7 Å². The van der Waals surface area contributed by atoms with Crippen LogP contribution in [0.4, 0.5) is 0 Å². The third-order valence-corrected chi connectivity index (χ3v) is 4.52. The van der Waals surface area contributed by atoms with E-state index >= 15 is 0 Å². The Hall–Kier alpha value is -0.530. The standard InChI is InChI=1S/C16H30O2/c1-6-15(18-16(17)7-2)14-10-12(5)8-9-13(14)11(3)4/h11-15H,6-10H2,1-5H3. The van der Waals surface area contributed by atoms with Crippen LogP contribution in [0, 0.1) is 23.7 Å². The molecular formula is C16H30O2. The minimum atomic E-state index is -0.0393. The van der Waals surface area contributed by atoms with Crippen LogP contribution >= 0.6 is 0 Å². The number of hydrogen-bond acceptors (Lipinski definition) is 2. The van der Waals surface area contributed by atoms with Gasteiger partial charge in [0.1, 0.15) is 6.10 Å². The average Bonchev–Trinajstić information content (AvgIpc) is 2.35. The predicted molar refractivity (Wildman–Crippen MR) is 75.3 cm³/mol. The van der Waals surface area contributed by atoms with Gasteiger partial charge in [0.15, 0.2) is 0 Å². The topological polar surface area (TPSA) is 26.3 Å². The molecule has 1 rings (SSSR count). The highest BCUT2D eigenvalue weighted by atomic mass is 16.5. The van der Waals surface area contributed by atoms with Gasteiger partial charge in [0.05, 0.1) is 0 Å². The van der Waals surface area contributed by atoms with Gasteiger partial charge in [0.25, 0.3) is 0 Å². The van der Waals surface area contributed by atoms with Gasteiger partial charge < -0.3 is 4.74 Å². The maximum absolute atomic E-state index is 11.6. The van der Waals surface area contributed by atoms with E-state index in [1.54, 1.807) is 0 Å². The van der Waals surface area contributed by atoms with Crippen molar-refractivity contribution in [2.75, 3.05) is 0 Å². The quantitative estimate of drug-likeness (QED) is 0.679. The fourth-order valence-electron chi connectivity index (χ4n) is 3.43. The molecule has 1 aliphatic carbocycles. The van der Waals surface area contributed by atoms with Gasteiger partial charge in [-0.2, -0.15) is 0 Å². The summed E-state index contributed by atoms with van der Waals surface area (Å²) in [7, 11) is 0. The van der Waals surface area contributed by atoms with Crippen molar-refractivity contribution in [2.24, 2.45) is 23.7 Å². The summed E-state index contributed by atoms with van der Waals surface area (Å²) < 4.78 is 5.68. The van der Waals surface area contributed by atoms with Crippen LogP contribution in [-0.4, -0.2) is 12.1 Å². The monoisotopic (exact) mass is 254 g/mol. The summed E-state index contributed by atoms with van der Waals surface area (Å²) in [6.07, 6.45) is 5.42. The number of ether oxygens (including phenoxy) is 1. The Morgan fingerprint density at radius 1 is 1.22 bits per heavy atom. The molecule has 2 heteroatoms. The molecule has 1 aliphatic rings. The van der Waals surface area contributed by atoms with E-state index in [2.05, 4.69) is 27.7 Å². The second-order valence-corrected chi connectivity index (χ2v) is 6.28. The smallest absolute Gasteiger partial charge is 0.305 e. The van der Waals surface area contributed by atoms with E-state index in [9.17, 15) is 4.79 Å². The fourth-order valence-corrected chi connectivity index (χ4v) is 3.43. The molecule has 0 aliphatic heterocycles. The number of rotatable bonds is 5. The van der Waals surface area contributed by atoms with Crippen molar-refractivity contribution in [3.8, 4) is 0 Å². The molecule has 4 unspecified atom stereocenters. The molecule has 0 aromatic heterocycles. The molecule has 106 valence electrons. The van der Waals surface area contributed by atoms with Crippen LogP contribution in [0.5, 0.6) is 0 Å². The van der Waals surface area contributed by atoms with Crippen LogP contribution in [0.3, 0.4) is 0 Å². The molecular weight excluding hydrogens is 224 g/mol. The van der Waals surface area contributed by atoms with E-state index in [4.69, 9.17) is 4.74 Å². The first-order chi connectivity index (χ1) is 8.49. The van der Waals surface area contributed by atoms with Crippen molar-refractivity contribution in [3.63, 3.8) is 0 Å². The van der Waals surface area contributed by atoms with E-state index in [0.29, 0.717) is 18.3 Å². The molecule has 0 aromatic rings. The van der Waals surface area contributed by atoms with Crippen molar-refractivity contribution < 1.29 is 9.53 Å². The van der Waals surface area contributed by atoms with E-state index in [0.717, 1.165) is 18.3 Å². The largest absolute Gasteiger partial charge is 0.462 e. The highest BCUT2D eigenvalue weighted by Gasteiger charge is 2.36. The Labute approximate surface area is 112 Å². The number of esters is 1. The lowest BCUT2D eigenvalue weighted by molar-refractivity contribution is -0.154. The Morgan fingerprint density at radius 2 is 1.89 bits per heavy atom. The molecule has 0 aromatic carbocycles. The zero-order valence-corrected chi connectivity index (χ0v) is 12.7. The van der Waals surface area contributed by atoms with Gasteiger partial charge >= 0.3 is 5.97 Å². The van der Waals surface area contributed by atoms with Gasteiger partial charge in [-0.15, -0.1) is 0 Å². The second kappa shape index (κ2) is 7.16. The van der Waals surface area contributed by atoms with E-state index in [1.165, 1.54) is 19.3 Å². The SMILES string of the molecule is CCC(=O)OC(CC)C1CC(C)CCC1C(C)C. The highest BCUT2D eigenvalue weighted by Crippen LogP contribution is 2.41. The molecule has 0 saturated heterocycles. The molecule has 0 N–H and O–H groups in total. The molecule has 1 fully saturated rings. The number of carbonyl (C=O) groups is 1. The second-order valence-electron chi connectivity index (χ2n) is 6.28. The summed E-state index contributed by atoms with van der Waals surface area (Å²) in [5.41, 5.74) is 0. The van der Waals surface area contributed by atoms with E-state index in [-0.39, 0.29) is 12.1 Å². The Balaban J connectivity index is 2.74. The minimum absolute atomic E-state index is 0.0393. The van der Waals surface area contributed by atoms with Crippen molar-refractivity contribution in [2.45, 2.75) is 72.8 Å². The van der Waals surface area contributed by atoms with Crippen LogP contribution in [-0.2, 0) is 9.53 Å². The lowest BCUT2D eigenvalue weighted by atomic mass is 9.67. The fraction of sp³-hybridized carbons (Fsp3) is 0.938. The van der Waals surface area contributed by atoms with E-state index in [1.807, 2.05) is 6.92 Å². The van der Waals surface area contributed by atoms with Gasteiger partial charge in [-0.25, -0.2) is 0 Å². The zero-order valence-electron chi connectivity index (χ0n) is 12.7. The van der Waals surface area contributed by atoms with E-state index < -0.39 is 0 Å². The van der Waals surface area contributed by atoms with Crippen molar-refractivity contribution in [3.05, 3.63) is 0 Å². The van der Waals surface area contributed by atoms with Crippen LogP contribution < -0.4 is 0 Å². The molecule has 0 amide bonds. The summed E-state index contributed by atoms with van der Waals surface area (Å²) in [6, 6.07) is 0. The molecule has 4 atom stereocenters. The molecule has 0 radical (unpaired) electrons. The maximum atomic E-state index is 11.6. The van der Waals surface area contributed by atoms with Gasteiger partial charge in [0.2, 0.25) is 0 Å². The summed E-state index contributed by atoms with van der Waals surface area (Å²) >= 11 is 0. The first kappa shape index (κ1) is 15.5. The molecule has 1 saturated carbocycles. The summed E-state index contributed by atoms with van der Waals surface area (Å²) in [4.78, 5) is 11.6. The Bertz CT molecular complexity index is 260. The summed E-state index contributed by atoms with van der Waals surface area (Å²) in [5, 5.41) is 0. The lowest BCUT2D eigenvalue weighted by Gasteiger charge is -2.41. The highest BCUT2D eigenvalue weighted by molar-refractivity contribution is 5.69. The van der Waals surface area contributed by atoms with Gasteiger partial charge in [-0.05, 0) is 42.9 Å². The van der Waals surface area contributed by atoms with Crippen LogP contribution in [0.15, 0.2) is 0 Å². The zero-order chi connectivity index (χ0) is 13.7. The van der Waals surface area contributed by atoms with Crippen LogP contribution in [0.2, 0.25) is 0 Å². The maximum Gasteiger partial charge on any atom is 0.305 e. The predicted octanol–water partition coefficient (Wildman–Crippen LogP) is 4.43. The first-order valence-corrected chi connectivity index (χ1v) is 7.69. The van der Waals surface area contributed by atoms with Gasteiger partial charge in [-0.3, -0.25) is 4.79 Å². The van der Waals surface area contributed by atoms with Gasteiger partial charge in [-0.1, -0.05) is 41.0 Å². The number of hydrogen-bond donors (Lipinski definition) is 0.